The highest BCUT2D eigenvalue weighted by Gasteiger charge is 2.09. The largest absolute Gasteiger partial charge is 0.494 e. The zero-order valence-electron chi connectivity index (χ0n) is 18.7. The third-order valence-electron chi connectivity index (χ3n) is 4.50. The first-order valence-corrected chi connectivity index (χ1v) is 10.8. The van der Waals surface area contributed by atoms with Crippen molar-refractivity contribution in [1.82, 2.24) is 10.7 Å². The van der Waals surface area contributed by atoms with E-state index in [1.807, 2.05) is 13.0 Å². The zero-order chi connectivity index (χ0) is 24.2. The average molecular weight is 460 g/mol. The van der Waals surface area contributed by atoms with Crippen molar-refractivity contribution in [3.63, 3.8) is 0 Å². The zero-order valence-corrected chi connectivity index (χ0v) is 18.7. The quantitative estimate of drug-likeness (QED) is 0.209. The third-order valence-corrected chi connectivity index (χ3v) is 4.50. The van der Waals surface area contributed by atoms with E-state index in [0.29, 0.717) is 34.8 Å². The van der Waals surface area contributed by atoms with Gasteiger partial charge < -0.3 is 14.8 Å². The summed E-state index contributed by atoms with van der Waals surface area (Å²) < 4.78 is 10.8. The lowest BCUT2D eigenvalue weighted by Gasteiger charge is -2.07. The predicted octanol–water partition coefficient (Wildman–Crippen LogP) is 3.57. The smallest absolute Gasteiger partial charge is 0.343 e. The van der Waals surface area contributed by atoms with Crippen LogP contribution >= 0.6 is 0 Å². The van der Waals surface area contributed by atoms with E-state index in [2.05, 4.69) is 15.8 Å². The lowest BCUT2D eigenvalue weighted by atomic mass is 10.2. The molecule has 0 spiro atoms. The summed E-state index contributed by atoms with van der Waals surface area (Å²) in [5, 5.41) is 6.41. The number of hydrogen-bond acceptors (Lipinski definition) is 6. The lowest BCUT2D eigenvalue weighted by molar-refractivity contribution is -0.120. The van der Waals surface area contributed by atoms with E-state index in [1.165, 1.54) is 6.21 Å². The van der Waals surface area contributed by atoms with Crippen molar-refractivity contribution in [1.29, 1.82) is 0 Å². The first kappa shape index (κ1) is 24.2. The molecule has 0 heterocycles. The lowest BCUT2D eigenvalue weighted by Crippen LogP contribution is -2.34. The molecule has 0 unspecified atom stereocenters. The van der Waals surface area contributed by atoms with Gasteiger partial charge in [-0.2, -0.15) is 5.10 Å². The van der Waals surface area contributed by atoms with E-state index in [-0.39, 0.29) is 12.5 Å². The summed E-state index contributed by atoms with van der Waals surface area (Å²) in [5.41, 5.74) is 3.92. The number of nitrogens with zero attached hydrogens (tertiary/aromatic N) is 1. The summed E-state index contributed by atoms with van der Waals surface area (Å²) in [5.74, 6) is -0.213. The fraction of sp³-hybridized carbons (Fsp3) is 0.154. The van der Waals surface area contributed by atoms with Gasteiger partial charge in [0.1, 0.15) is 11.5 Å². The standard InChI is InChI=1S/C26H25N3O5/c1-2-16-33-22-14-10-20(11-15-22)25(31)27-18-24(30)29-28-17-19-8-12-23(13-9-19)34-26(32)21-6-4-3-5-7-21/h3-15,17H,2,16,18H2,1H3,(H,27,31)(H,29,30)/b28-17+. The summed E-state index contributed by atoms with van der Waals surface area (Å²) >= 11 is 0. The van der Waals surface area contributed by atoms with Crippen molar-refractivity contribution >= 4 is 24.0 Å². The van der Waals surface area contributed by atoms with E-state index in [1.54, 1.807) is 72.8 Å². The first-order valence-electron chi connectivity index (χ1n) is 10.8. The number of ether oxygens (including phenoxy) is 2. The monoisotopic (exact) mass is 459 g/mol. The molecule has 0 bridgehead atoms. The molecule has 8 nitrogen and oxygen atoms in total. The second kappa shape index (κ2) is 12.5. The van der Waals surface area contributed by atoms with Gasteiger partial charge in [0.15, 0.2) is 0 Å². The van der Waals surface area contributed by atoms with Gasteiger partial charge in [-0.15, -0.1) is 0 Å². The number of amides is 2. The molecule has 2 amide bonds. The van der Waals surface area contributed by atoms with Crippen LogP contribution in [0.25, 0.3) is 0 Å². The van der Waals surface area contributed by atoms with Gasteiger partial charge in [-0.1, -0.05) is 25.1 Å². The Labute approximate surface area is 197 Å². The Morgan fingerprint density at radius 3 is 2.21 bits per heavy atom. The van der Waals surface area contributed by atoms with Crippen molar-refractivity contribution in [3.05, 3.63) is 95.6 Å². The second-order valence-electron chi connectivity index (χ2n) is 7.17. The van der Waals surface area contributed by atoms with E-state index < -0.39 is 11.9 Å². The van der Waals surface area contributed by atoms with Gasteiger partial charge in [-0.3, -0.25) is 9.59 Å². The van der Waals surface area contributed by atoms with Crippen LogP contribution in [0.15, 0.2) is 84.0 Å². The third kappa shape index (κ3) is 7.59. The number of carbonyl (C=O) groups excluding carboxylic acids is 3. The second-order valence-corrected chi connectivity index (χ2v) is 7.17. The van der Waals surface area contributed by atoms with Gasteiger partial charge in [0.05, 0.1) is 24.9 Å². The normalized spacial score (nSPS) is 10.5. The van der Waals surface area contributed by atoms with Crippen LogP contribution < -0.4 is 20.2 Å². The van der Waals surface area contributed by atoms with Crippen molar-refractivity contribution in [2.75, 3.05) is 13.2 Å². The maximum absolute atomic E-state index is 12.2. The average Bonchev–Trinajstić information content (AvgIpc) is 2.88. The summed E-state index contributed by atoms with van der Waals surface area (Å²) in [6, 6.07) is 22.0. The number of hydrogen-bond donors (Lipinski definition) is 2. The molecule has 0 aromatic heterocycles. The molecule has 0 aliphatic heterocycles. The molecule has 174 valence electrons. The molecule has 0 saturated heterocycles. The number of nitrogens with one attached hydrogen (secondary N) is 2. The van der Waals surface area contributed by atoms with Gasteiger partial charge in [-0.05, 0) is 72.6 Å². The van der Waals surface area contributed by atoms with Crippen LogP contribution in [0.3, 0.4) is 0 Å². The van der Waals surface area contributed by atoms with E-state index in [4.69, 9.17) is 9.47 Å². The minimum Gasteiger partial charge on any atom is -0.494 e. The van der Waals surface area contributed by atoms with Crippen molar-refractivity contribution in [3.8, 4) is 11.5 Å². The van der Waals surface area contributed by atoms with Crippen LogP contribution in [0.5, 0.6) is 11.5 Å². The van der Waals surface area contributed by atoms with Crippen LogP contribution in [0.1, 0.15) is 39.6 Å². The van der Waals surface area contributed by atoms with Crippen molar-refractivity contribution in [2.45, 2.75) is 13.3 Å². The fourth-order valence-corrected chi connectivity index (χ4v) is 2.77. The van der Waals surface area contributed by atoms with Gasteiger partial charge >= 0.3 is 5.97 Å². The molecular formula is C26H25N3O5. The Kier molecular flexibility index (Phi) is 8.92. The highest BCUT2D eigenvalue weighted by atomic mass is 16.5. The Hall–Kier alpha value is -4.46. The summed E-state index contributed by atoms with van der Waals surface area (Å²) in [4.78, 5) is 36.2. The molecule has 0 radical (unpaired) electrons. The minimum absolute atomic E-state index is 0.224. The van der Waals surface area contributed by atoms with Crippen molar-refractivity contribution in [2.24, 2.45) is 5.10 Å². The Bertz CT molecular complexity index is 1130. The molecule has 0 saturated carbocycles. The highest BCUT2D eigenvalue weighted by Crippen LogP contribution is 2.14. The number of hydrazone groups is 1. The van der Waals surface area contributed by atoms with E-state index in [0.717, 1.165) is 6.42 Å². The molecule has 0 fully saturated rings. The van der Waals surface area contributed by atoms with Crippen LogP contribution in [-0.2, 0) is 4.79 Å². The number of rotatable bonds is 10. The van der Waals surface area contributed by atoms with Crippen LogP contribution in [0, 0.1) is 0 Å². The van der Waals surface area contributed by atoms with Crippen LogP contribution in [0.4, 0.5) is 0 Å². The topological polar surface area (TPSA) is 106 Å². The maximum Gasteiger partial charge on any atom is 0.343 e. The van der Waals surface area contributed by atoms with E-state index >= 15 is 0 Å². The van der Waals surface area contributed by atoms with Crippen LogP contribution in [0.2, 0.25) is 0 Å². The number of carbonyl (C=O) groups is 3. The van der Waals surface area contributed by atoms with Gasteiger partial charge in [-0.25, -0.2) is 10.2 Å². The Balaban J connectivity index is 1.41. The summed E-state index contributed by atoms with van der Waals surface area (Å²) in [6.07, 6.45) is 2.34. The molecule has 0 atom stereocenters. The minimum atomic E-state index is -0.471. The summed E-state index contributed by atoms with van der Waals surface area (Å²) in [7, 11) is 0. The van der Waals surface area contributed by atoms with Gasteiger partial charge in [0.25, 0.3) is 11.8 Å². The SMILES string of the molecule is CCCOc1ccc(C(=O)NCC(=O)N/N=C/c2ccc(OC(=O)c3ccccc3)cc2)cc1. The first-order chi connectivity index (χ1) is 16.5. The molecule has 3 rings (SSSR count). The molecule has 0 aliphatic rings. The Morgan fingerprint density at radius 2 is 1.53 bits per heavy atom. The Morgan fingerprint density at radius 1 is 0.853 bits per heavy atom. The fourth-order valence-electron chi connectivity index (χ4n) is 2.77. The molecule has 3 aromatic rings. The molecular weight excluding hydrogens is 434 g/mol. The molecule has 8 heteroatoms. The van der Waals surface area contributed by atoms with Gasteiger partial charge in [0, 0.05) is 5.56 Å². The predicted molar refractivity (Wildman–Crippen MR) is 128 cm³/mol. The molecule has 2 N–H and O–H groups in total. The molecule has 34 heavy (non-hydrogen) atoms. The van der Waals surface area contributed by atoms with Crippen molar-refractivity contribution < 1.29 is 23.9 Å². The molecule has 3 aromatic carbocycles. The van der Waals surface area contributed by atoms with E-state index in [9.17, 15) is 14.4 Å². The highest BCUT2D eigenvalue weighted by molar-refractivity contribution is 5.96. The summed E-state index contributed by atoms with van der Waals surface area (Å²) in [6.45, 7) is 2.40. The molecule has 0 aliphatic carbocycles. The van der Waals surface area contributed by atoms with Gasteiger partial charge in [0.2, 0.25) is 0 Å². The van der Waals surface area contributed by atoms with Crippen LogP contribution in [-0.4, -0.2) is 37.1 Å². The number of benzene rings is 3. The maximum atomic E-state index is 12.2. The number of esters is 1.